The number of nitrogens with one attached hydrogen (secondary N) is 1. The Morgan fingerprint density at radius 2 is 1.94 bits per heavy atom. The average Bonchev–Trinajstić information content (AvgIpc) is 2.14. The van der Waals surface area contributed by atoms with Crippen molar-refractivity contribution in [3.63, 3.8) is 0 Å². The number of aromatic carboxylic acids is 1. The van der Waals surface area contributed by atoms with Gasteiger partial charge in [0.05, 0.1) is 10.9 Å². The molecule has 0 unspecified atom stereocenters. The number of hydrogen-bond acceptors (Lipinski definition) is 4. The molecular formula is C10H11BrNO4S-. The van der Waals surface area contributed by atoms with Gasteiger partial charge < -0.3 is 9.90 Å². The molecule has 0 aliphatic heterocycles. The van der Waals surface area contributed by atoms with E-state index in [1.165, 1.54) is 12.1 Å². The Bertz CT molecular complexity index is 539. The van der Waals surface area contributed by atoms with Crippen molar-refractivity contribution >= 4 is 31.9 Å². The van der Waals surface area contributed by atoms with Gasteiger partial charge in [-0.05, 0) is 37.6 Å². The van der Waals surface area contributed by atoms with Crippen LogP contribution in [0.15, 0.2) is 27.6 Å². The van der Waals surface area contributed by atoms with E-state index in [9.17, 15) is 18.3 Å². The maximum atomic E-state index is 11.8. The lowest BCUT2D eigenvalue weighted by atomic mass is 10.2. The van der Waals surface area contributed by atoms with Crippen molar-refractivity contribution < 1.29 is 18.3 Å². The molecule has 0 heterocycles. The van der Waals surface area contributed by atoms with E-state index in [1.807, 2.05) is 0 Å². The highest BCUT2D eigenvalue weighted by molar-refractivity contribution is 9.10. The summed E-state index contributed by atoms with van der Waals surface area (Å²) in [5.41, 5.74) is -0.191. The van der Waals surface area contributed by atoms with E-state index in [1.54, 1.807) is 13.8 Å². The second kappa shape index (κ2) is 5.16. The van der Waals surface area contributed by atoms with E-state index in [2.05, 4.69) is 20.7 Å². The van der Waals surface area contributed by atoms with Crippen LogP contribution < -0.4 is 9.83 Å². The number of rotatable bonds is 4. The second-order valence-electron chi connectivity index (χ2n) is 3.74. The summed E-state index contributed by atoms with van der Waals surface area (Å²) in [6.07, 6.45) is 0. The summed E-state index contributed by atoms with van der Waals surface area (Å²) in [6.45, 7) is 3.35. The first-order valence-electron chi connectivity index (χ1n) is 4.76. The molecule has 1 aromatic rings. The highest BCUT2D eigenvalue weighted by Crippen LogP contribution is 2.19. The van der Waals surface area contributed by atoms with E-state index in [4.69, 9.17) is 0 Å². The van der Waals surface area contributed by atoms with Gasteiger partial charge in [-0.15, -0.1) is 0 Å². The Morgan fingerprint density at radius 3 is 2.41 bits per heavy atom. The number of carbonyl (C=O) groups is 1. The largest absolute Gasteiger partial charge is 0.545 e. The van der Waals surface area contributed by atoms with Crippen LogP contribution in [0.1, 0.15) is 24.2 Å². The monoisotopic (exact) mass is 320 g/mol. The fourth-order valence-electron chi connectivity index (χ4n) is 1.21. The van der Waals surface area contributed by atoms with Crippen LogP contribution >= 0.6 is 15.9 Å². The summed E-state index contributed by atoms with van der Waals surface area (Å²) in [5.74, 6) is -1.42. The standard InChI is InChI=1S/C10H12BrNO4S/c1-6(2)12-17(15,16)9-4-7(10(13)14)3-8(11)5-9/h3-6,12H,1-2H3,(H,13,14)/p-1. The summed E-state index contributed by atoms with van der Waals surface area (Å²) in [4.78, 5) is 10.6. The lowest BCUT2D eigenvalue weighted by molar-refractivity contribution is -0.255. The number of benzene rings is 1. The molecule has 7 heteroatoms. The molecule has 94 valence electrons. The van der Waals surface area contributed by atoms with Crippen LogP contribution in [0.4, 0.5) is 0 Å². The summed E-state index contributed by atoms with van der Waals surface area (Å²) in [5, 5.41) is 10.7. The molecule has 0 amide bonds. The highest BCUT2D eigenvalue weighted by atomic mass is 79.9. The minimum Gasteiger partial charge on any atom is -0.545 e. The lowest BCUT2D eigenvalue weighted by Crippen LogP contribution is -2.30. The maximum Gasteiger partial charge on any atom is 0.240 e. The molecule has 0 spiro atoms. The molecule has 0 bridgehead atoms. The zero-order chi connectivity index (χ0) is 13.2. The minimum atomic E-state index is -3.71. The lowest BCUT2D eigenvalue weighted by Gasteiger charge is -2.11. The van der Waals surface area contributed by atoms with Gasteiger partial charge in [0, 0.05) is 10.5 Å². The molecule has 0 aromatic heterocycles. The molecule has 0 atom stereocenters. The van der Waals surface area contributed by atoms with E-state index >= 15 is 0 Å². The minimum absolute atomic E-state index is 0.111. The first kappa shape index (κ1) is 14.1. The number of carboxylic acid groups (broad SMARTS) is 1. The van der Waals surface area contributed by atoms with Crippen LogP contribution in [-0.4, -0.2) is 20.4 Å². The van der Waals surface area contributed by atoms with Gasteiger partial charge in [0.15, 0.2) is 0 Å². The van der Waals surface area contributed by atoms with Crippen molar-refractivity contribution in [2.24, 2.45) is 0 Å². The van der Waals surface area contributed by atoms with E-state index in [0.717, 1.165) is 6.07 Å². The Morgan fingerprint density at radius 1 is 1.35 bits per heavy atom. The van der Waals surface area contributed by atoms with Gasteiger partial charge in [-0.2, -0.15) is 0 Å². The van der Waals surface area contributed by atoms with Crippen molar-refractivity contribution in [2.45, 2.75) is 24.8 Å². The van der Waals surface area contributed by atoms with E-state index in [-0.39, 0.29) is 16.5 Å². The quantitative estimate of drug-likeness (QED) is 0.875. The SMILES string of the molecule is CC(C)NS(=O)(=O)c1cc(Br)cc(C(=O)[O-])c1. The van der Waals surface area contributed by atoms with Crippen molar-refractivity contribution in [1.82, 2.24) is 4.72 Å². The van der Waals surface area contributed by atoms with Gasteiger partial charge >= 0.3 is 0 Å². The Balaban J connectivity index is 3.27. The van der Waals surface area contributed by atoms with Crippen LogP contribution in [0.5, 0.6) is 0 Å². The molecule has 0 aliphatic rings. The normalized spacial score (nSPS) is 11.8. The van der Waals surface area contributed by atoms with Crippen LogP contribution in [0.3, 0.4) is 0 Å². The molecule has 0 aliphatic carbocycles. The number of carbonyl (C=O) groups excluding carboxylic acids is 1. The average molecular weight is 321 g/mol. The first-order valence-corrected chi connectivity index (χ1v) is 7.04. The fourth-order valence-corrected chi connectivity index (χ4v) is 3.18. The molecule has 0 radical (unpaired) electrons. The number of hydrogen-bond donors (Lipinski definition) is 1. The molecule has 17 heavy (non-hydrogen) atoms. The van der Waals surface area contributed by atoms with Crippen LogP contribution in [0, 0.1) is 0 Å². The van der Waals surface area contributed by atoms with Gasteiger partial charge in [0.25, 0.3) is 0 Å². The molecule has 0 saturated heterocycles. The summed E-state index contributed by atoms with van der Waals surface area (Å²) < 4.78 is 26.4. The maximum absolute atomic E-state index is 11.8. The highest BCUT2D eigenvalue weighted by Gasteiger charge is 2.16. The first-order chi connectivity index (χ1) is 7.72. The molecule has 1 aromatic carbocycles. The smallest absolute Gasteiger partial charge is 0.240 e. The Kier molecular flexibility index (Phi) is 4.29. The van der Waals surface area contributed by atoms with Crippen molar-refractivity contribution in [2.75, 3.05) is 0 Å². The third-order valence-electron chi connectivity index (χ3n) is 1.81. The summed E-state index contributed by atoms with van der Waals surface area (Å²) in [7, 11) is -3.71. The van der Waals surface area contributed by atoms with E-state index < -0.39 is 16.0 Å². The number of halogens is 1. The van der Waals surface area contributed by atoms with Crippen LogP contribution in [0.2, 0.25) is 0 Å². The molecular weight excluding hydrogens is 310 g/mol. The molecule has 1 N–H and O–H groups in total. The fraction of sp³-hybridized carbons (Fsp3) is 0.300. The number of sulfonamides is 1. The van der Waals surface area contributed by atoms with Gasteiger partial charge in [0.1, 0.15) is 0 Å². The van der Waals surface area contributed by atoms with Crippen molar-refractivity contribution in [3.05, 3.63) is 28.2 Å². The Labute approximate surface area is 108 Å². The zero-order valence-corrected chi connectivity index (χ0v) is 11.6. The van der Waals surface area contributed by atoms with Crippen LogP contribution in [-0.2, 0) is 10.0 Å². The van der Waals surface area contributed by atoms with Crippen molar-refractivity contribution in [1.29, 1.82) is 0 Å². The molecule has 0 fully saturated rings. The van der Waals surface area contributed by atoms with Crippen LogP contribution in [0.25, 0.3) is 0 Å². The Hall–Kier alpha value is -0.920. The molecule has 1 rings (SSSR count). The van der Waals surface area contributed by atoms with E-state index in [0.29, 0.717) is 4.47 Å². The summed E-state index contributed by atoms with van der Waals surface area (Å²) in [6, 6.07) is 3.40. The van der Waals surface area contributed by atoms with Gasteiger partial charge in [-0.3, -0.25) is 0 Å². The molecule has 5 nitrogen and oxygen atoms in total. The zero-order valence-electron chi connectivity index (χ0n) is 9.23. The van der Waals surface area contributed by atoms with Crippen molar-refractivity contribution in [3.8, 4) is 0 Å². The van der Waals surface area contributed by atoms with Gasteiger partial charge in [-0.25, -0.2) is 13.1 Å². The second-order valence-corrected chi connectivity index (χ2v) is 6.37. The third kappa shape index (κ3) is 3.79. The number of carboxylic acids is 1. The predicted molar refractivity (Wildman–Crippen MR) is 63.9 cm³/mol. The van der Waals surface area contributed by atoms with Gasteiger partial charge in [0.2, 0.25) is 10.0 Å². The third-order valence-corrected chi connectivity index (χ3v) is 3.90. The van der Waals surface area contributed by atoms with Gasteiger partial charge in [-0.1, -0.05) is 15.9 Å². The summed E-state index contributed by atoms with van der Waals surface area (Å²) >= 11 is 3.06. The molecule has 0 saturated carbocycles. The topological polar surface area (TPSA) is 86.3 Å². The predicted octanol–water partition coefficient (Wildman–Crippen LogP) is 0.499.